The first kappa shape index (κ1) is 16.2. The Labute approximate surface area is 154 Å². The van der Waals surface area contributed by atoms with Crippen molar-refractivity contribution in [3.63, 3.8) is 0 Å². The van der Waals surface area contributed by atoms with Gasteiger partial charge in [-0.05, 0) is 11.1 Å². The molecule has 0 bridgehead atoms. The van der Waals surface area contributed by atoms with E-state index in [1.165, 1.54) is 11.1 Å². The maximum atomic E-state index is 4.45. The van der Waals surface area contributed by atoms with E-state index in [1.807, 2.05) is 12.1 Å². The molecule has 0 spiro atoms. The van der Waals surface area contributed by atoms with E-state index in [0.29, 0.717) is 0 Å². The largest absolute Gasteiger partial charge is 0.342 e. The van der Waals surface area contributed by atoms with Gasteiger partial charge in [0.2, 0.25) is 0 Å². The van der Waals surface area contributed by atoms with Gasteiger partial charge in [0.05, 0.1) is 6.33 Å². The summed E-state index contributed by atoms with van der Waals surface area (Å²) < 4.78 is 0. The van der Waals surface area contributed by atoms with Gasteiger partial charge in [-0.15, -0.1) is 10.2 Å². The van der Waals surface area contributed by atoms with E-state index >= 15 is 0 Å². The highest BCUT2D eigenvalue weighted by Crippen LogP contribution is 2.31. The van der Waals surface area contributed by atoms with Crippen LogP contribution in [-0.2, 0) is 11.5 Å². The molecule has 0 radical (unpaired) electrons. The van der Waals surface area contributed by atoms with Crippen LogP contribution in [0.25, 0.3) is 11.0 Å². The van der Waals surface area contributed by atoms with E-state index in [4.69, 9.17) is 0 Å². The number of imidazole rings is 1. The van der Waals surface area contributed by atoms with Crippen molar-refractivity contribution < 1.29 is 0 Å². The molecule has 4 rings (SSSR count). The Morgan fingerprint density at radius 3 is 1.92 bits per heavy atom. The van der Waals surface area contributed by atoms with Crippen LogP contribution in [-0.4, -0.2) is 20.2 Å². The summed E-state index contributed by atoms with van der Waals surface area (Å²) in [6.45, 7) is 0. The predicted molar refractivity (Wildman–Crippen MR) is 104 cm³/mol. The van der Waals surface area contributed by atoms with Crippen LogP contribution in [0.15, 0.2) is 77.0 Å². The standard InChI is InChI=1S/C19H16N4S2/c1-3-7-14(8-4-1)11-24-18-16-17(21-13-20-16)19(23-22-18)25-12-15-9-5-2-6-10-15/h1-10,13H,11-12H2,(H,20,21). The van der Waals surface area contributed by atoms with E-state index in [1.54, 1.807) is 29.9 Å². The molecule has 4 aromatic rings. The van der Waals surface area contributed by atoms with Crippen molar-refractivity contribution >= 4 is 34.6 Å². The lowest BCUT2D eigenvalue weighted by atomic mass is 10.2. The van der Waals surface area contributed by atoms with Crippen LogP contribution in [0.2, 0.25) is 0 Å². The molecule has 0 aliphatic rings. The van der Waals surface area contributed by atoms with E-state index < -0.39 is 0 Å². The number of benzene rings is 2. The fourth-order valence-electron chi connectivity index (χ4n) is 2.46. The molecule has 2 heterocycles. The Balaban J connectivity index is 1.52. The first-order valence-corrected chi connectivity index (χ1v) is 9.90. The zero-order chi connectivity index (χ0) is 16.9. The predicted octanol–water partition coefficient (Wildman–Crippen LogP) is 4.94. The summed E-state index contributed by atoms with van der Waals surface area (Å²) in [6, 6.07) is 20.7. The molecule has 2 aromatic heterocycles. The van der Waals surface area contributed by atoms with Crippen LogP contribution in [0.1, 0.15) is 11.1 Å². The van der Waals surface area contributed by atoms with Gasteiger partial charge in [0.25, 0.3) is 0 Å². The number of nitrogens with one attached hydrogen (secondary N) is 1. The third kappa shape index (κ3) is 3.86. The van der Waals surface area contributed by atoms with Gasteiger partial charge in [0.1, 0.15) is 21.1 Å². The molecule has 0 aliphatic carbocycles. The smallest absolute Gasteiger partial charge is 0.147 e. The van der Waals surface area contributed by atoms with Gasteiger partial charge in [-0.3, -0.25) is 0 Å². The normalized spacial score (nSPS) is 11.0. The van der Waals surface area contributed by atoms with Crippen LogP contribution in [0.5, 0.6) is 0 Å². The van der Waals surface area contributed by atoms with E-state index in [0.717, 1.165) is 32.6 Å². The topological polar surface area (TPSA) is 54.5 Å². The fraction of sp³-hybridized carbons (Fsp3) is 0.105. The van der Waals surface area contributed by atoms with Gasteiger partial charge in [-0.2, -0.15) is 0 Å². The lowest BCUT2D eigenvalue weighted by molar-refractivity contribution is 0.879. The van der Waals surface area contributed by atoms with Crippen molar-refractivity contribution in [3.05, 3.63) is 78.1 Å². The minimum absolute atomic E-state index is 0.855. The highest BCUT2D eigenvalue weighted by atomic mass is 32.2. The van der Waals surface area contributed by atoms with Crippen LogP contribution in [0.3, 0.4) is 0 Å². The zero-order valence-corrected chi connectivity index (χ0v) is 15.1. The summed E-state index contributed by atoms with van der Waals surface area (Å²) in [5, 5.41) is 10.6. The van der Waals surface area contributed by atoms with Crippen LogP contribution >= 0.6 is 23.5 Å². The minimum atomic E-state index is 0.855. The van der Waals surface area contributed by atoms with Crippen molar-refractivity contribution in [2.24, 2.45) is 0 Å². The van der Waals surface area contributed by atoms with Crippen LogP contribution in [0.4, 0.5) is 0 Å². The fourth-order valence-corrected chi connectivity index (χ4v) is 4.24. The van der Waals surface area contributed by atoms with Crippen molar-refractivity contribution in [1.82, 2.24) is 20.2 Å². The third-order valence-electron chi connectivity index (χ3n) is 3.72. The summed E-state index contributed by atoms with van der Waals surface area (Å²) in [4.78, 5) is 7.67. The number of H-pyrrole nitrogens is 1. The average molecular weight is 364 g/mol. The van der Waals surface area contributed by atoms with E-state index in [-0.39, 0.29) is 0 Å². The highest BCUT2D eigenvalue weighted by Gasteiger charge is 2.13. The molecule has 124 valence electrons. The second-order valence-electron chi connectivity index (χ2n) is 5.48. The van der Waals surface area contributed by atoms with Crippen LogP contribution < -0.4 is 0 Å². The van der Waals surface area contributed by atoms with Gasteiger partial charge >= 0.3 is 0 Å². The highest BCUT2D eigenvalue weighted by molar-refractivity contribution is 7.99. The maximum Gasteiger partial charge on any atom is 0.147 e. The van der Waals surface area contributed by atoms with Gasteiger partial charge in [0, 0.05) is 11.5 Å². The molecule has 0 fully saturated rings. The van der Waals surface area contributed by atoms with E-state index in [9.17, 15) is 0 Å². The SMILES string of the molecule is c1ccc(CSc2nnc(SCc3ccccc3)c3[nH]cnc23)cc1. The van der Waals surface area contributed by atoms with Gasteiger partial charge in [-0.25, -0.2) is 4.98 Å². The molecule has 6 heteroatoms. The Morgan fingerprint density at radius 2 is 1.28 bits per heavy atom. The third-order valence-corrected chi connectivity index (χ3v) is 5.79. The summed E-state index contributed by atoms with van der Waals surface area (Å²) >= 11 is 3.34. The average Bonchev–Trinajstić information content (AvgIpc) is 3.17. The molecule has 0 atom stereocenters. The monoisotopic (exact) mass is 364 g/mol. The Kier molecular flexibility index (Phi) is 4.99. The summed E-state index contributed by atoms with van der Waals surface area (Å²) in [5.41, 5.74) is 4.39. The van der Waals surface area contributed by atoms with E-state index in [2.05, 4.69) is 68.7 Å². The number of aromatic nitrogens is 4. The quantitative estimate of drug-likeness (QED) is 0.491. The Bertz CT molecular complexity index is 878. The molecule has 0 aliphatic heterocycles. The molecule has 0 unspecified atom stereocenters. The molecule has 0 saturated carbocycles. The number of thioether (sulfide) groups is 2. The second kappa shape index (κ2) is 7.72. The zero-order valence-electron chi connectivity index (χ0n) is 13.4. The van der Waals surface area contributed by atoms with Crippen molar-refractivity contribution in [2.45, 2.75) is 21.6 Å². The molecular formula is C19H16N4S2. The summed E-state index contributed by atoms with van der Waals surface area (Å²) in [7, 11) is 0. The maximum absolute atomic E-state index is 4.45. The summed E-state index contributed by atoms with van der Waals surface area (Å²) in [5.74, 6) is 1.72. The molecular weight excluding hydrogens is 348 g/mol. The van der Waals surface area contributed by atoms with Gasteiger partial charge < -0.3 is 4.98 Å². The number of hydrogen-bond acceptors (Lipinski definition) is 5. The second-order valence-corrected chi connectivity index (χ2v) is 7.41. The van der Waals surface area contributed by atoms with Crippen molar-refractivity contribution in [2.75, 3.05) is 0 Å². The molecule has 25 heavy (non-hydrogen) atoms. The first-order valence-electron chi connectivity index (χ1n) is 7.93. The number of aromatic amines is 1. The lowest BCUT2D eigenvalue weighted by Crippen LogP contribution is -1.93. The lowest BCUT2D eigenvalue weighted by Gasteiger charge is -2.05. The van der Waals surface area contributed by atoms with Gasteiger partial charge in [-0.1, -0.05) is 84.2 Å². The molecule has 1 N–H and O–H groups in total. The number of fused-ring (bicyclic) bond motifs is 1. The molecule has 4 nitrogen and oxygen atoms in total. The van der Waals surface area contributed by atoms with Crippen molar-refractivity contribution in [1.29, 1.82) is 0 Å². The Morgan fingerprint density at radius 1 is 0.720 bits per heavy atom. The molecule has 2 aromatic carbocycles. The van der Waals surface area contributed by atoms with Crippen molar-refractivity contribution in [3.8, 4) is 0 Å². The number of nitrogens with zero attached hydrogens (tertiary/aromatic N) is 3. The van der Waals surface area contributed by atoms with Crippen LogP contribution in [0, 0.1) is 0 Å². The molecule has 0 amide bonds. The molecule has 0 saturated heterocycles. The number of rotatable bonds is 6. The first-order chi connectivity index (χ1) is 12.4. The van der Waals surface area contributed by atoms with Gasteiger partial charge in [0.15, 0.2) is 0 Å². The number of hydrogen-bond donors (Lipinski definition) is 1. The summed E-state index contributed by atoms with van der Waals surface area (Å²) in [6.07, 6.45) is 1.72. The Hall–Kier alpha value is -2.31. The minimum Gasteiger partial charge on any atom is -0.342 e.